The molecule has 0 atom stereocenters. The molecular weight excluding hydrogens is 240 g/mol. The number of pyridine rings is 1. The van der Waals surface area contributed by atoms with Gasteiger partial charge >= 0.3 is 0 Å². The van der Waals surface area contributed by atoms with Gasteiger partial charge in [-0.05, 0) is 31.2 Å². The van der Waals surface area contributed by atoms with Crippen molar-refractivity contribution in [1.82, 2.24) is 15.0 Å². The Morgan fingerprint density at radius 2 is 2.00 bits per heavy atom. The molecule has 2 heterocycles. The summed E-state index contributed by atoms with van der Waals surface area (Å²) in [5.41, 5.74) is 8.05. The summed E-state index contributed by atoms with van der Waals surface area (Å²) in [5, 5.41) is 0. The fraction of sp³-hybridized carbons (Fsp3) is 0.143. The smallest absolute Gasteiger partial charge is 0.180 e. The summed E-state index contributed by atoms with van der Waals surface area (Å²) in [6, 6.07) is 11.4. The van der Waals surface area contributed by atoms with Gasteiger partial charge in [0.15, 0.2) is 5.65 Å². The molecule has 96 valence electrons. The maximum Gasteiger partial charge on any atom is 0.180 e. The van der Waals surface area contributed by atoms with E-state index >= 15 is 0 Å². The van der Waals surface area contributed by atoms with Crippen LogP contribution in [-0.4, -0.2) is 21.6 Å². The highest BCUT2D eigenvalue weighted by Crippen LogP contribution is 2.29. The van der Waals surface area contributed by atoms with Gasteiger partial charge in [0.1, 0.15) is 17.4 Å². The molecule has 0 aliphatic carbocycles. The predicted octanol–water partition coefficient (Wildman–Crippen LogP) is 2.61. The van der Waals surface area contributed by atoms with Gasteiger partial charge in [0, 0.05) is 0 Å². The summed E-state index contributed by atoms with van der Waals surface area (Å²) < 4.78 is 5.61. The number of hydrogen-bond donors (Lipinski definition) is 2. The number of fused-ring (bicyclic) bond motifs is 1. The van der Waals surface area contributed by atoms with E-state index in [0.717, 1.165) is 22.7 Å². The van der Waals surface area contributed by atoms with Crippen LogP contribution in [0.15, 0.2) is 36.4 Å². The number of para-hydroxylation sites is 1. The fourth-order valence-corrected chi connectivity index (χ4v) is 1.98. The van der Waals surface area contributed by atoms with Crippen LogP contribution in [0.5, 0.6) is 5.75 Å². The number of anilines is 1. The summed E-state index contributed by atoms with van der Waals surface area (Å²) in [5.74, 6) is 2.00. The molecule has 1 aromatic carbocycles. The Kier molecular flexibility index (Phi) is 2.79. The van der Waals surface area contributed by atoms with Gasteiger partial charge in [0.2, 0.25) is 0 Å². The largest absolute Gasteiger partial charge is 0.493 e. The zero-order valence-electron chi connectivity index (χ0n) is 10.6. The van der Waals surface area contributed by atoms with Gasteiger partial charge in [-0.1, -0.05) is 12.1 Å². The minimum Gasteiger partial charge on any atom is -0.493 e. The Balaban J connectivity index is 2.13. The van der Waals surface area contributed by atoms with Crippen LogP contribution < -0.4 is 10.5 Å². The number of benzene rings is 1. The van der Waals surface area contributed by atoms with Gasteiger partial charge in [-0.2, -0.15) is 0 Å². The fourth-order valence-electron chi connectivity index (χ4n) is 1.98. The molecule has 0 spiro atoms. The van der Waals surface area contributed by atoms with Gasteiger partial charge in [0.25, 0.3) is 0 Å². The number of aromatic nitrogens is 3. The lowest BCUT2D eigenvalue weighted by molar-refractivity contribution is 0.341. The van der Waals surface area contributed by atoms with E-state index in [4.69, 9.17) is 10.5 Å². The third-order valence-corrected chi connectivity index (χ3v) is 2.81. The average molecular weight is 254 g/mol. The Labute approximate surface area is 110 Å². The van der Waals surface area contributed by atoms with Crippen molar-refractivity contribution < 1.29 is 4.74 Å². The third kappa shape index (κ3) is 2.10. The van der Waals surface area contributed by atoms with E-state index in [1.807, 2.05) is 37.3 Å². The highest BCUT2D eigenvalue weighted by Gasteiger charge is 2.10. The standard InChI is InChI=1S/C14H14N4O/c1-2-19-11-6-4-3-5-9(11)13-16-10-7-8-12(15)17-14(10)18-13/h3-8H,2H2,1H3,(H3,15,16,17,18). The number of imidazole rings is 1. The number of nitrogen functional groups attached to an aromatic ring is 1. The number of nitrogens with one attached hydrogen (secondary N) is 1. The molecule has 5 nitrogen and oxygen atoms in total. The number of H-pyrrole nitrogens is 1. The summed E-state index contributed by atoms with van der Waals surface area (Å²) in [4.78, 5) is 11.9. The summed E-state index contributed by atoms with van der Waals surface area (Å²) in [6.45, 7) is 2.57. The maximum absolute atomic E-state index is 5.66. The number of nitrogens with zero attached hydrogens (tertiary/aromatic N) is 2. The first-order chi connectivity index (χ1) is 9.28. The van der Waals surface area contributed by atoms with Crippen LogP contribution in [0.25, 0.3) is 22.6 Å². The summed E-state index contributed by atoms with van der Waals surface area (Å²) in [7, 11) is 0. The van der Waals surface area contributed by atoms with Crippen molar-refractivity contribution >= 4 is 17.0 Å². The van der Waals surface area contributed by atoms with Crippen molar-refractivity contribution in [2.45, 2.75) is 6.92 Å². The molecule has 19 heavy (non-hydrogen) atoms. The maximum atomic E-state index is 5.66. The van der Waals surface area contributed by atoms with Gasteiger partial charge in [-0.3, -0.25) is 0 Å². The Hall–Kier alpha value is -2.56. The van der Waals surface area contributed by atoms with Gasteiger partial charge < -0.3 is 15.5 Å². The number of ether oxygens (including phenoxy) is 1. The van der Waals surface area contributed by atoms with E-state index in [0.29, 0.717) is 18.1 Å². The molecule has 0 aliphatic rings. The molecule has 0 fully saturated rings. The molecule has 3 rings (SSSR count). The van der Waals surface area contributed by atoms with Crippen molar-refractivity contribution in [3.05, 3.63) is 36.4 Å². The topological polar surface area (TPSA) is 76.8 Å². The summed E-state index contributed by atoms with van der Waals surface area (Å²) in [6.07, 6.45) is 0. The van der Waals surface area contributed by atoms with E-state index in [2.05, 4.69) is 15.0 Å². The third-order valence-electron chi connectivity index (χ3n) is 2.81. The average Bonchev–Trinajstić information content (AvgIpc) is 2.82. The zero-order chi connectivity index (χ0) is 13.2. The molecule has 0 radical (unpaired) electrons. The van der Waals surface area contributed by atoms with Crippen molar-refractivity contribution in [2.75, 3.05) is 12.3 Å². The number of rotatable bonds is 3. The Bertz CT molecular complexity index is 720. The molecule has 0 unspecified atom stereocenters. The van der Waals surface area contributed by atoms with Gasteiger partial charge in [-0.25, -0.2) is 9.97 Å². The first-order valence-electron chi connectivity index (χ1n) is 6.12. The molecule has 2 aromatic heterocycles. The highest BCUT2D eigenvalue weighted by atomic mass is 16.5. The number of hydrogen-bond acceptors (Lipinski definition) is 4. The van der Waals surface area contributed by atoms with Crippen LogP contribution >= 0.6 is 0 Å². The van der Waals surface area contributed by atoms with Gasteiger partial charge in [-0.15, -0.1) is 0 Å². The van der Waals surface area contributed by atoms with Crippen molar-refractivity contribution in [3.8, 4) is 17.1 Å². The molecule has 3 aromatic rings. The van der Waals surface area contributed by atoms with Crippen LogP contribution in [0, 0.1) is 0 Å². The molecule has 0 saturated heterocycles. The highest BCUT2D eigenvalue weighted by molar-refractivity contribution is 5.78. The lowest BCUT2D eigenvalue weighted by Crippen LogP contribution is -1.94. The van der Waals surface area contributed by atoms with Crippen LogP contribution in [-0.2, 0) is 0 Å². The van der Waals surface area contributed by atoms with Crippen LogP contribution in [0.4, 0.5) is 5.82 Å². The molecule has 0 aliphatic heterocycles. The van der Waals surface area contributed by atoms with Gasteiger partial charge in [0.05, 0.1) is 17.7 Å². The van der Waals surface area contributed by atoms with E-state index in [9.17, 15) is 0 Å². The molecule has 5 heteroatoms. The van der Waals surface area contributed by atoms with E-state index in [-0.39, 0.29) is 0 Å². The number of aromatic amines is 1. The second-order valence-electron chi connectivity index (χ2n) is 4.12. The molecular formula is C14H14N4O. The lowest BCUT2D eigenvalue weighted by Gasteiger charge is -2.07. The summed E-state index contributed by atoms with van der Waals surface area (Å²) >= 11 is 0. The quantitative estimate of drug-likeness (QED) is 0.753. The Morgan fingerprint density at radius 1 is 1.16 bits per heavy atom. The van der Waals surface area contributed by atoms with Crippen LogP contribution in [0.2, 0.25) is 0 Å². The SMILES string of the molecule is CCOc1ccccc1-c1nc2nc(N)ccc2[nH]1. The van der Waals surface area contributed by atoms with Crippen molar-refractivity contribution in [1.29, 1.82) is 0 Å². The first-order valence-corrected chi connectivity index (χ1v) is 6.12. The van der Waals surface area contributed by atoms with Crippen molar-refractivity contribution in [3.63, 3.8) is 0 Å². The van der Waals surface area contributed by atoms with E-state index in [1.54, 1.807) is 6.07 Å². The predicted molar refractivity (Wildman–Crippen MR) is 74.9 cm³/mol. The molecule has 0 amide bonds. The van der Waals surface area contributed by atoms with Crippen molar-refractivity contribution in [2.24, 2.45) is 0 Å². The molecule has 0 bridgehead atoms. The van der Waals surface area contributed by atoms with Crippen LogP contribution in [0.3, 0.4) is 0 Å². The second kappa shape index (κ2) is 4.61. The van der Waals surface area contributed by atoms with Crippen LogP contribution in [0.1, 0.15) is 6.92 Å². The minimum absolute atomic E-state index is 0.462. The molecule has 0 saturated carbocycles. The van der Waals surface area contributed by atoms with E-state index < -0.39 is 0 Å². The normalized spacial score (nSPS) is 10.8. The monoisotopic (exact) mass is 254 g/mol. The zero-order valence-corrected chi connectivity index (χ0v) is 10.6. The van der Waals surface area contributed by atoms with E-state index in [1.165, 1.54) is 0 Å². The number of nitrogens with two attached hydrogens (primary N) is 1. The Morgan fingerprint density at radius 3 is 2.84 bits per heavy atom. The lowest BCUT2D eigenvalue weighted by atomic mass is 10.2. The first kappa shape index (κ1) is 11.5. The second-order valence-corrected chi connectivity index (χ2v) is 4.12. The minimum atomic E-state index is 0.462. The molecule has 3 N–H and O–H groups in total.